The van der Waals surface area contributed by atoms with Gasteiger partial charge in [0.25, 0.3) is 5.56 Å². The molecule has 0 aliphatic heterocycles. The van der Waals surface area contributed by atoms with Gasteiger partial charge in [0.05, 0.1) is 12.5 Å². The molecule has 0 spiro atoms. The lowest BCUT2D eigenvalue weighted by atomic mass is 10.2. The third-order valence-electron chi connectivity index (χ3n) is 2.74. The number of fused-ring (bicyclic) bond motifs is 3. The summed E-state index contributed by atoms with van der Waals surface area (Å²) in [7, 11) is 3.18. The second-order valence-corrected chi connectivity index (χ2v) is 3.67. The monoisotopic (exact) mass is 231 g/mol. The number of nitrogens with zero attached hydrogens (tertiary/aromatic N) is 3. The lowest BCUT2D eigenvalue weighted by Crippen LogP contribution is -2.18. The minimum absolute atomic E-state index is 0.234. The summed E-state index contributed by atoms with van der Waals surface area (Å²) in [5.41, 5.74) is 0.624. The van der Waals surface area contributed by atoms with Crippen LogP contribution in [0.25, 0.3) is 21.9 Å². The van der Waals surface area contributed by atoms with E-state index in [1.165, 1.54) is 17.9 Å². The molecule has 0 fully saturated rings. The van der Waals surface area contributed by atoms with Gasteiger partial charge in [-0.2, -0.15) is 4.98 Å². The summed E-state index contributed by atoms with van der Waals surface area (Å²) >= 11 is 0. The lowest BCUT2D eigenvalue weighted by Gasteiger charge is -2.05. The minimum atomic E-state index is -0.234. The summed E-state index contributed by atoms with van der Waals surface area (Å²) in [5.74, 6) is 0.461. The molecular formula is C11H9N3O3. The van der Waals surface area contributed by atoms with E-state index in [2.05, 4.69) is 10.1 Å². The molecule has 3 rings (SSSR count). The van der Waals surface area contributed by atoms with Crippen molar-refractivity contribution in [2.24, 2.45) is 7.05 Å². The maximum atomic E-state index is 12.0. The van der Waals surface area contributed by atoms with Crippen LogP contribution in [0.5, 0.6) is 5.88 Å². The van der Waals surface area contributed by atoms with Crippen molar-refractivity contribution in [1.82, 2.24) is 14.7 Å². The quantitative estimate of drug-likeness (QED) is 0.626. The van der Waals surface area contributed by atoms with Crippen LogP contribution in [-0.4, -0.2) is 21.8 Å². The molecule has 0 aliphatic carbocycles. The van der Waals surface area contributed by atoms with Crippen molar-refractivity contribution in [2.75, 3.05) is 7.11 Å². The Morgan fingerprint density at radius 1 is 1.35 bits per heavy atom. The Labute approximate surface area is 95.4 Å². The molecule has 0 aromatic carbocycles. The molecular weight excluding hydrogens is 222 g/mol. The fourth-order valence-corrected chi connectivity index (χ4v) is 1.85. The zero-order chi connectivity index (χ0) is 12.0. The van der Waals surface area contributed by atoms with Crippen molar-refractivity contribution in [3.63, 3.8) is 0 Å². The molecule has 86 valence electrons. The normalized spacial score (nSPS) is 11.2. The van der Waals surface area contributed by atoms with Gasteiger partial charge in [0, 0.05) is 18.5 Å². The Bertz CT molecular complexity index is 773. The lowest BCUT2D eigenvalue weighted by molar-refractivity contribution is 0.399. The highest BCUT2D eigenvalue weighted by molar-refractivity contribution is 6.02. The zero-order valence-corrected chi connectivity index (χ0v) is 9.30. The number of pyridine rings is 2. The van der Waals surface area contributed by atoms with Crippen molar-refractivity contribution < 1.29 is 9.26 Å². The van der Waals surface area contributed by atoms with Gasteiger partial charge >= 0.3 is 0 Å². The topological polar surface area (TPSA) is 70.2 Å². The maximum absolute atomic E-state index is 12.0. The molecule has 3 aromatic heterocycles. The molecule has 0 atom stereocenters. The summed E-state index contributed by atoms with van der Waals surface area (Å²) in [6.07, 6.45) is 1.45. The molecule has 0 N–H and O–H groups in total. The smallest absolute Gasteiger partial charge is 0.282 e. The van der Waals surface area contributed by atoms with E-state index in [1.807, 2.05) is 6.07 Å². The minimum Gasteiger partial charge on any atom is -0.481 e. The number of hydrogen-bond donors (Lipinski definition) is 0. The molecule has 6 heteroatoms. The summed E-state index contributed by atoms with van der Waals surface area (Å²) in [4.78, 5) is 16.2. The SMILES string of the molecule is COc1ccc2c3conc3c(=O)n(C)c2n1. The number of ether oxygens (including phenoxy) is 1. The molecule has 0 amide bonds. The van der Waals surface area contributed by atoms with Crippen LogP contribution < -0.4 is 10.3 Å². The summed E-state index contributed by atoms with van der Waals surface area (Å²) in [6.45, 7) is 0. The second kappa shape index (κ2) is 3.31. The molecule has 17 heavy (non-hydrogen) atoms. The van der Waals surface area contributed by atoms with Crippen LogP contribution in [0.2, 0.25) is 0 Å². The Kier molecular flexibility index (Phi) is 1.91. The van der Waals surface area contributed by atoms with Gasteiger partial charge < -0.3 is 9.26 Å². The number of aryl methyl sites for hydroxylation is 1. The second-order valence-electron chi connectivity index (χ2n) is 3.67. The molecule has 3 aromatic rings. The molecule has 0 aliphatic rings. The van der Waals surface area contributed by atoms with Gasteiger partial charge in [-0.3, -0.25) is 9.36 Å². The molecule has 0 unspecified atom stereocenters. The number of rotatable bonds is 1. The van der Waals surface area contributed by atoms with Crippen LogP contribution in [0.1, 0.15) is 0 Å². The summed E-state index contributed by atoms with van der Waals surface area (Å²) < 4.78 is 11.3. The van der Waals surface area contributed by atoms with Crippen LogP contribution >= 0.6 is 0 Å². The van der Waals surface area contributed by atoms with E-state index in [1.54, 1.807) is 13.1 Å². The Balaban J connectivity index is 2.59. The average Bonchev–Trinajstić information content (AvgIpc) is 2.84. The first-order valence-electron chi connectivity index (χ1n) is 5.00. The van der Waals surface area contributed by atoms with E-state index >= 15 is 0 Å². The largest absolute Gasteiger partial charge is 0.481 e. The third kappa shape index (κ3) is 1.24. The average molecular weight is 231 g/mol. The predicted molar refractivity (Wildman–Crippen MR) is 61.1 cm³/mol. The Hall–Kier alpha value is -2.37. The first kappa shape index (κ1) is 9.83. The van der Waals surface area contributed by atoms with E-state index in [-0.39, 0.29) is 5.56 Å². The van der Waals surface area contributed by atoms with Crippen molar-refractivity contribution >= 4 is 21.9 Å². The molecule has 0 saturated carbocycles. The fraction of sp³-hybridized carbons (Fsp3) is 0.182. The number of hydrogen-bond acceptors (Lipinski definition) is 5. The third-order valence-corrected chi connectivity index (χ3v) is 2.74. The van der Waals surface area contributed by atoms with Gasteiger partial charge in [0.2, 0.25) is 5.88 Å². The van der Waals surface area contributed by atoms with Gasteiger partial charge in [-0.15, -0.1) is 0 Å². The van der Waals surface area contributed by atoms with Gasteiger partial charge in [-0.05, 0) is 6.07 Å². The first-order chi connectivity index (χ1) is 8.22. The van der Waals surface area contributed by atoms with Crippen molar-refractivity contribution in [3.8, 4) is 5.88 Å². The maximum Gasteiger partial charge on any atom is 0.282 e. The van der Waals surface area contributed by atoms with Crippen LogP contribution in [0.4, 0.5) is 0 Å². The number of aromatic nitrogens is 3. The molecule has 0 radical (unpaired) electrons. The van der Waals surface area contributed by atoms with E-state index < -0.39 is 0 Å². The molecule has 3 heterocycles. The van der Waals surface area contributed by atoms with Gasteiger partial charge in [-0.1, -0.05) is 5.16 Å². The highest BCUT2D eigenvalue weighted by Crippen LogP contribution is 2.22. The standard InChI is InChI=1S/C11H9N3O3/c1-14-10-6(3-4-8(12-10)16-2)7-5-17-13-9(7)11(14)15/h3-5H,1-2H3. The highest BCUT2D eigenvalue weighted by atomic mass is 16.5. The van der Waals surface area contributed by atoms with Gasteiger partial charge in [0.1, 0.15) is 11.9 Å². The van der Waals surface area contributed by atoms with Gasteiger partial charge in [-0.25, -0.2) is 0 Å². The van der Waals surface area contributed by atoms with Crippen molar-refractivity contribution in [3.05, 3.63) is 28.7 Å². The van der Waals surface area contributed by atoms with Crippen LogP contribution in [0, 0.1) is 0 Å². The van der Waals surface area contributed by atoms with E-state index in [0.29, 0.717) is 22.4 Å². The first-order valence-corrected chi connectivity index (χ1v) is 5.00. The van der Waals surface area contributed by atoms with E-state index in [0.717, 1.165) is 5.39 Å². The summed E-state index contributed by atoms with van der Waals surface area (Å²) in [5, 5.41) is 5.18. The van der Waals surface area contributed by atoms with Crippen LogP contribution in [0.3, 0.4) is 0 Å². The molecule has 6 nitrogen and oxygen atoms in total. The summed E-state index contributed by atoms with van der Waals surface area (Å²) in [6, 6.07) is 3.57. The van der Waals surface area contributed by atoms with Crippen molar-refractivity contribution in [2.45, 2.75) is 0 Å². The van der Waals surface area contributed by atoms with Crippen LogP contribution in [-0.2, 0) is 7.05 Å². The highest BCUT2D eigenvalue weighted by Gasteiger charge is 2.13. The van der Waals surface area contributed by atoms with Crippen LogP contribution in [0.15, 0.2) is 27.7 Å². The Morgan fingerprint density at radius 3 is 2.94 bits per heavy atom. The molecule has 0 bridgehead atoms. The van der Waals surface area contributed by atoms with E-state index in [9.17, 15) is 4.79 Å². The fourth-order valence-electron chi connectivity index (χ4n) is 1.85. The molecule has 0 saturated heterocycles. The zero-order valence-electron chi connectivity index (χ0n) is 9.30. The number of methoxy groups -OCH3 is 1. The van der Waals surface area contributed by atoms with Crippen molar-refractivity contribution in [1.29, 1.82) is 0 Å². The van der Waals surface area contributed by atoms with E-state index in [4.69, 9.17) is 9.26 Å². The Morgan fingerprint density at radius 2 is 2.18 bits per heavy atom. The predicted octanol–water partition coefficient (Wildman–Crippen LogP) is 1.08. The van der Waals surface area contributed by atoms with Gasteiger partial charge in [0.15, 0.2) is 5.52 Å².